The van der Waals surface area contributed by atoms with E-state index in [2.05, 4.69) is 14.7 Å². The van der Waals surface area contributed by atoms with E-state index in [0.29, 0.717) is 0 Å². The van der Waals surface area contributed by atoms with E-state index in [-0.39, 0.29) is 0 Å². The highest BCUT2D eigenvalue weighted by Gasteiger charge is 1.95. The summed E-state index contributed by atoms with van der Waals surface area (Å²) in [5.41, 5.74) is 0.906. The van der Waals surface area contributed by atoms with Crippen LogP contribution in [0, 0.1) is 0 Å². The monoisotopic (exact) mass is 149 g/mol. The zero-order chi connectivity index (χ0) is 7.52. The maximum absolute atomic E-state index is 4.68. The van der Waals surface area contributed by atoms with E-state index >= 15 is 0 Å². The lowest BCUT2D eigenvalue weighted by Crippen LogP contribution is -1.95. The molecular formula is C7H7N3O. The standard InChI is InChI=1S/C7H7N3O/c1-4-11-9-7(1)5-10-3-2-8-6-10/h1-4,6H,5H2. The van der Waals surface area contributed by atoms with Crippen LogP contribution in [0.15, 0.2) is 35.6 Å². The zero-order valence-electron chi connectivity index (χ0n) is 5.84. The van der Waals surface area contributed by atoms with Gasteiger partial charge in [0.05, 0.1) is 12.9 Å². The van der Waals surface area contributed by atoms with Crippen LogP contribution in [0.1, 0.15) is 5.69 Å². The molecule has 0 unspecified atom stereocenters. The predicted molar refractivity (Wildman–Crippen MR) is 37.8 cm³/mol. The van der Waals surface area contributed by atoms with E-state index in [1.807, 2.05) is 16.8 Å². The van der Waals surface area contributed by atoms with Crippen molar-refractivity contribution >= 4 is 0 Å². The first-order valence-electron chi connectivity index (χ1n) is 3.30. The van der Waals surface area contributed by atoms with Crippen molar-refractivity contribution in [1.82, 2.24) is 14.7 Å². The number of aromatic nitrogens is 3. The van der Waals surface area contributed by atoms with Crippen molar-refractivity contribution in [3.63, 3.8) is 0 Å². The van der Waals surface area contributed by atoms with Gasteiger partial charge in [-0.25, -0.2) is 4.98 Å². The van der Waals surface area contributed by atoms with Crippen LogP contribution in [0.5, 0.6) is 0 Å². The summed E-state index contributed by atoms with van der Waals surface area (Å²) in [5, 5.41) is 3.77. The van der Waals surface area contributed by atoms with Crippen molar-refractivity contribution < 1.29 is 4.52 Å². The SMILES string of the molecule is c1cn(Cc2ccon2)cn1. The average molecular weight is 149 g/mol. The van der Waals surface area contributed by atoms with Crippen LogP contribution in [0.25, 0.3) is 0 Å². The maximum atomic E-state index is 4.68. The molecule has 0 amide bonds. The van der Waals surface area contributed by atoms with Crippen LogP contribution in [0.4, 0.5) is 0 Å². The van der Waals surface area contributed by atoms with Gasteiger partial charge in [0.2, 0.25) is 0 Å². The summed E-state index contributed by atoms with van der Waals surface area (Å²) in [4.78, 5) is 3.91. The lowest BCUT2D eigenvalue weighted by atomic mass is 10.4. The molecule has 0 aliphatic carbocycles. The maximum Gasteiger partial charge on any atom is 0.124 e. The Morgan fingerprint density at radius 1 is 1.55 bits per heavy atom. The zero-order valence-corrected chi connectivity index (χ0v) is 5.84. The third-order valence-electron chi connectivity index (χ3n) is 1.40. The lowest BCUT2D eigenvalue weighted by Gasteiger charge is -1.94. The highest BCUT2D eigenvalue weighted by Crippen LogP contribution is 1.97. The Hall–Kier alpha value is -1.58. The van der Waals surface area contributed by atoms with E-state index in [0.717, 1.165) is 12.2 Å². The second-order valence-electron chi connectivity index (χ2n) is 2.23. The summed E-state index contributed by atoms with van der Waals surface area (Å²) in [6, 6.07) is 1.83. The van der Waals surface area contributed by atoms with Crippen LogP contribution in [-0.4, -0.2) is 14.7 Å². The minimum atomic E-state index is 0.719. The molecule has 11 heavy (non-hydrogen) atoms. The highest BCUT2D eigenvalue weighted by atomic mass is 16.5. The Morgan fingerprint density at radius 3 is 3.18 bits per heavy atom. The van der Waals surface area contributed by atoms with Crippen molar-refractivity contribution in [3.05, 3.63) is 36.7 Å². The van der Waals surface area contributed by atoms with Crippen molar-refractivity contribution in [3.8, 4) is 0 Å². The van der Waals surface area contributed by atoms with E-state index in [9.17, 15) is 0 Å². The van der Waals surface area contributed by atoms with Crippen LogP contribution in [-0.2, 0) is 6.54 Å². The molecule has 0 bridgehead atoms. The first-order valence-corrected chi connectivity index (χ1v) is 3.30. The fourth-order valence-corrected chi connectivity index (χ4v) is 0.886. The molecule has 0 radical (unpaired) electrons. The molecule has 0 aliphatic rings. The van der Waals surface area contributed by atoms with E-state index < -0.39 is 0 Å². The molecule has 0 aromatic carbocycles. The van der Waals surface area contributed by atoms with Gasteiger partial charge in [0.25, 0.3) is 0 Å². The number of hydrogen-bond donors (Lipinski definition) is 0. The first kappa shape index (κ1) is 6.15. The fraction of sp³-hybridized carbons (Fsp3) is 0.143. The van der Waals surface area contributed by atoms with Gasteiger partial charge < -0.3 is 9.09 Å². The largest absolute Gasteiger partial charge is 0.364 e. The van der Waals surface area contributed by atoms with Crippen molar-refractivity contribution in [1.29, 1.82) is 0 Å². The molecule has 0 fully saturated rings. The summed E-state index contributed by atoms with van der Waals surface area (Å²) in [6.45, 7) is 0.719. The molecule has 2 rings (SSSR count). The van der Waals surface area contributed by atoms with Crippen LogP contribution in [0.3, 0.4) is 0 Å². The summed E-state index contributed by atoms with van der Waals surface area (Å²) >= 11 is 0. The highest BCUT2D eigenvalue weighted by molar-refractivity contribution is 4.96. The third kappa shape index (κ3) is 1.29. The van der Waals surface area contributed by atoms with Crippen molar-refractivity contribution in [2.45, 2.75) is 6.54 Å². The third-order valence-corrected chi connectivity index (χ3v) is 1.40. The Balaban J connectivity index is 2.14. The predicted octanol–water partition coefficient (Wildman–Crippen LogP) is 0.919. The average Bonchev–Trinajstić information content (AvgIpc) is 2.60. The Labute approximate surface area is 63.5 Å². The molecular weight excluding hydrogens is 142 g/mol. The van der Waals surface area contributed by atoms with Gasteiger partial charge >= 0.3 is 0 Å². The molecule has 0 saturated carbocycles. The second-order valence-corrected chi connectivity index (χ2v) is 2.23. The smallest absolute Gasteiger partial charge is 0.124 e. The minimum absolute atomic E-state index is 0.719. The van der Waals surface area contributed by atoms with Gasteiger partial charge in [-0.2, -0.15) is 0 Å². The Bertz CT molecular complexity index is 266. The molecule has 0 aliphatic heterocycles. The summed E-state index contributed by atoms with van der Waals surface area (Å²) in [7, 11) is 0. The number of nitrogens with zero attached hydrogens (tertiary/aromatic N) is 3. The summed E-state index contributed by atoms with van der Waals surface area (Å²) in [6.07, 6.45) is 6.93. The number of hydrogen-bond acceptors (Lipinski definition) is 3. The Morgan fingerprint density at radius 2 is 2.55 bits per heavy atom. The topological polar surface area (TPSA) is 43.9 Å². The molecule has 4 heteroatoms. The van der Waals surface area contributed by atoms with Crippen molar-refractivity contribution in [2.24, 2.45) is 0 Å². The van der Waals surface area contributed by atoms with E-state index in [4.69, 9.17) is 0 Å². The van der Waals surface area contributed by atoms with Gasteiger partial charge in [0, 0.05) is 18.5 Å². The number of imidazole rings is 1. The summed E-state index contributed by atoms with van der Waals surface area (Å²) < 4.78 is 6.61. The summed E-state index contributed by atoms with van der Waals surface area (Å²) in [5.74, 6) is 0. The van der Waals surface area contributed by atoms with E-state index in [1.54, 1.807) is 18.8 Å². The molecule has 2 aromatic rings. The van der Waals surface area contributed by atoms with Gasteiger partial charge in [-0.05, 0) is 0 Å². The van der Waals surface area contributed by atoms with E-state index in [1.165, 1.54) is 0 Å². The quantitative estimate of drug-likeness (QED) is 0.637. The molecule has 2 aromatic heterocycles. The molecule has 0 saturated heterocycles. The molecule has 2 heterocycles. The molecule has 0 spiro atoms. The first-order chi connectivity index (χ1) is 5.45. The second kappa shape index (κ2) is 2.57. The molecule has 0 N–H and O–H groups in total. The van der Waals surface area contributed by atoms with Gasteiger partial charge in [0.15, 0.2) is 0 Å². The van der Waals surface area contributed by atoms with Crippen LogP contribution < -0.4 is 0 Å². The van der Waals surface area contributed by atoms with Gasteiger partial charge in [-0.3, -0.25) is 0 Å². The van der Waals surface area contributed by atoms with Crippen LogP contribution in [0.2, 0.25) is 0 Å². The fourth-order valence-electron chi connectivity index (χ4n) is 0.886. The van der Waals surface area contributed by atoms with Gasteiger partial charge in [-0.1, -0.05) is 5.16 Å². The Kier molecular flexibility index (Phi) is 1.44. The lowest BCUT2D eigenvalue weighted by molar-refractivity contribution is 0.409. The normalized spacial score (nSPS) is 10.2. The molecule has 4 nitrogen and oxygen atoms in total. The number of rotatable bonds is 2. The molecule has 0 atom stereocenters. The molecule has 56 valence electrons. The van der Waals surface area contributed by atoms with Crippen LogP contribution >= 0.6 is 0 Å². The van der Waals surface area contributed by atoms with Gasteiger partial charge in [-0.15, -0.1) is 0 Å². The minimum Gasteiger partial charge on any atom is -0.364 e. The van der Waals surface area contributed by atoms with Crippen molar-refractivity contribution in [2.75, 3.05) is 0 Å². The van der Waals surface area contributed by atoms with Gasteiger partial charge in [0.1, 0.15) is 12.0 Å².